The Bertz CT molecular complexity index is 504. The number of amides is 3. The minimum absolute atomic E-state index is 0.0882. The maximum atomic E-state index is 11.8. The van der Waals surface area contributed by atoms with Gasteiger partial charge in [0.05, 0.1) is 0 Å². The molecular weight excluding hydrogens is 255 g/mol. The molecule has 19 heavy (non-hydrogen) atoms. The molecule has 0 spiro atoms. The summed E-state index contributed by atoms with van der Waals surface area (Å²) in [5, 5.41) is 0.895. The first-order valence-corrected chi connectivity index (χ1v) is 7.43. The van der Waals surface area contributed by atoms with Crippen LogP contribution in [0.1, 0.15) is 18.4 Å². The molecule has 1 heterocycles. The number of benzene rings is 1. The minimum atomic E-state index is -0.344. The maximum absolute atomic E-state index is 11.8. The van der Waals surface area contributed by atoms with Gasteiger partial charge in [-0.05, 0) is 0 Å². The van der Waals surface area contributed by atoms with Crippen LogP contribution in [0.2, 0.25) is 3.17 Å². The van der Waals surface area contributed by atoms with Crippen LogP contribution in [0, 0.1) is 0 Å². The number of carbonyl (C=O) groups excluding carboxylic acids is 3. The van der Waals surface area contributed by atoms with Crippen molar-refractivity contribution in [1.82, 2.24) is 10.4 Å². The van der Waals surface area contributed by atoms with Crippen LogP contribution in [0.3, 0.4) is 0 Å². The summed E-state index contributed by atoms with van der Waals surface area (Å²) in [5.41, 5.74) is 3.26. The summed E-state index contributed by atoms with van der Waals surface area (Å²) in [5.74, 6) is -0.938. The second-order valence-electron chi connectivity index (χ2n) is 4.70. The Morgan fingerprint density at radius 2 is 2.00 bits per heavy atom. The van der Waals surface area contributed by atoms with E-state index < -0.39 is 0 Å². The van der Waals surface area contributed by atoms with Gasteiger partial charge in [0.15, 0.2) is 0 Å². The Hall–Kier alpha value is -1.17. The van der Waals surface area contributed by atoms with Crippen molar-refractivity contribution < 1.29 is 14.4 Å². The van der Waals surface area contributed by atoms with E-state index in [1.807, 2.05) is 30.3 Å². The standard InChI is InChI=1S/C13H13N2O3.Na/c16-11(9-10-5-2-1-3-6-10)14-15-12(17)7-4-8-13(15)18;/h1-3,5-7H,4,8-9H2,(H,14,16);. The van der Waals surface area contributed by atoms with Crippen molar-refractivity contribution in [3.05, 3.63) is 35.9 Å². The van der Waals surface area contributed by atoms with E-state index in [9.17, 15) is 14.4 Å². The summed E-state index contributed by atoms with van der Waals surface area (Å²) in [6.07, 6.45) is 1.09. The van der Waals surface area contributed by atoms with Gasteiger partial charge in [0, 0.05) is 0 Å². The van der Waals surface area contributed by atoms with Crippen LogP contribution in [-0.2, 0) is 20.8 Å². The van der Waals surface area contributed by atoms with E-state index in [0.29, 0.717) is 40.8 Å². The third-order valence-corrected chi connectivity index (χ3v) is 4.20. The van der Waals surface area contributed by atoms with E-state index in [4.69, 9.17) is 0 Å². The first kappa shape index (κ1) is 14.2. The van der Waals surface area contributed by atoms with Gasteiger partial charge < -0.3 is 0 Å². The Morgan fingerprint density at radius 1 is 1.32 bits per heavy atom. The van der Waals surface area contributed by atoms with Crippen LogP contribution >= 0.6 is 0 Å². The number of rotatable bonds is 3. The van der Waals surface area contributed by atoms with Gasteiger partial charge in [-0.15, -0.1) is 0 Å². The van der Waals surface area contributed by atoms with Gasteiger partial charge in [-0.3, -0.25) is 0 Å². The van der Waals surface area contributed by atoms with Gasteiger partial charge in [0.2, 0.25) is 0 Å². The number of imide groups is 1. The predicted molar refractivity (Wildman–Crippen MR) is 68.9 cm³/mol. The Morgan fingerprint density at radius 3 is 2.68 bits per heavy atom. The molecule has 2 rings (SSSR count). The summed E-state index contributed by atoms with van der Waals surface area (Å²) >= 11 is 0.697. The van der Waals surface area contributed by atoms with E-state index in [1.54, 1.807) is 0 Å². The molecule has 0 radical (unpaired) electrons. The zero-order valence-corrected chi connectivity index (χ0v) is 12.8. The zero-order chi connectivity index (χ0) is 13.8. The molecule has 0 aromatic heterocycles. The van der Waals surface area contributed by atoms with Gasteiger partial charge >= 0.3 is 129 Å². The molecule has 0 saturated carbocycles. The second-order valence-corrected chi connectivity index (χ2v) is 6.10. The van der Waals surface area contributed by atoms with Crippen molar-refractivity contribution in [3.63, 3.8) is 0 Å². The van der Waals surface area contributed by atoms with Crippen LogP contribution in [-0.4, -0.2) is 50.7 Å². The third kappa shape index (κ3) is 3.65. The number of hydrazine groups is 1. The van der Waals surface area contributed by atoms with Crippen molar-refractivity contribution >= 4 is 45.7 Å². The average molecular weight is 268 g/mol. The summed E-state index contributed by atoms with van der Waals surface area (Å²) in [6, 6.07) is 9.20. The number of nitrogens with zero attached hydrogens (tertiary/aromatic N) is 1. The third-order valence-electron chi connectivity index (χ3n) is 3.13. The summed E-state index contributed by atoms with van der Waals surface area (Å²) in [7, 11) is 0. The van der Waals surface area contributed by atoms with Crippen LogP contribution < -0.4 is 5.43 Å². The summed E-state index contributed by atoms with van der Waals surface area (Å²) < 4.78 is -0.0882. The van der Waals surface area contributed by atoms with Crippen LogP contribution in [0.15, 0.2) is 30.3 Å². The molecule has 3 amide bonds. The predicted octanol–water partition coefficient (Wildman–Crippen LogP) is 0.366. The number of nitrogens with one attached hydrogen (secondary N) is 1. The van der Waals surface area contributed by atoms with Crippen molar-refractivity contribution in [2.45, 2.75) is 22.4 Å². The fourth-order valence-corrected chi connectivity index (χ4v) is 2.53. The number of piperidine rings is 1. The zero-order valence-electron chi connectivity index (χ0n) is 10.8. The molecule has 1 saturated heterocycles. The van der Waals surface area contributed by atoms with Crippen molar-refractivity contribution in [2.75, 3.05) is 0 Å². The van der Waals surface area contributed by atoms with E-state index >= 15 is 0 Å². The normalized spacial score (nSPS) is 19.5. The fourth-order valence-electron chi connectivity index (χ4n) is 1.98. The van der Waals surface area contributed by atoms with E-state index in [-0.39, 0.29) is 27.3 Å². The number of carbonyl (C=O) groups is 3. The quantitative estimate of drug-likeness (QED) is 0.636. The van der Waals surface area contributed by atoms with Crippen LogP contribution in [0.5, 0.6) is 0 Å². The molecule has 1 aromatic rings. The first-order chi connectivity index (χ1) is 9.08. The number of hydrogen-bond donors (Lipinski definition) is 1. The Labute approximate surface area is 128 Å². The Kier molecular flexibility index (Phi) is 4.74. The molecule has 1 aromatic carbocycles. The average Bonchev–Trinajstić information content (AvgIpc) is 2.40. The molecule has 1 atom stereocenters. The Balaban J connectivity index is 1.98. The number of hydrogen-bond acceptors (Lipinski definition) is 3. The molecule has 1 aliphatic heterocycles. The monoisotopic (exact) mass is 268 g/mol. The van der Waals surface area contributed by atoms with Gasteiger partial charge in [0.25, 0.3) is 0 Å². The van der Waals surface area contributed by atoms with Crippen LogP contribution in [0.4, 0.5) is 0 Å². The van der Waals surface area contributed by atoms with Crippen molar-refractivity contribution in [2.24, 2.45) is 0 Å². The van der Waals surface area contributed by atoms with Gasteiger partial charge in [-0.25, -0.2) is 0 Å². The summed E-state index contributed by atoms with van der Waals surface area (Å²) in [4.78, 5) is 35.3. The molecule has 1 aliphatic rings. The molecular formula is C13H13N2NaO3. The van der Waals surface area contributed by atoms with E-state index in [2.05, 4.69) is 5.43 Å². The van der Waals surface area contributed by atoms with Crippen LogP contribution in [0.25, 0.3) is 0 Å². The molecule has 5 nitrogen and oxygen atoms in total. The van der Waals surface area contributed by atoms with Gasteiger partial charge in [0.1, 0.15) is 0 Å². The SMILES string of the molecule is O=C(Cc1ccccc1)NN1C(=O)CC[CH]([Na])C1=O. The summed E-state index contributed by atoms with van der Waals surface area (Å²) in [6.45, 7) is 0. The first-order valence-electron chi connectivity index (χ1n) is 6.28. The molecule has 94 valence electrons. The molecule has 6 heteroatoms. The molecule has 1 fully saturated rings. The van der Waals surface area contributed by atoms with Crippen molar-refractivity contribution in [1.29, 1.82) is 0 Å². The second kappa shape index (κ2) is 6.32. The van der Waals surface area contributed by atoms with E-state index in [0.717, 1.165) is 10.6 Å². The molecule has 0 aliphatic carbocycles. The van der Waals surface area contributed by atoms with E-state index in [1.165, 1.54) is 0 Å². The van der Waals surface area contributed by atoms with Crippen molar-refractivity contribution in [3.8, 4) is 0 Å². The molecule has 1 N–H and O–H groups in total. The van der Waals surface area contributed by atoms with Gasteiger partial charge in [-0.1, -0.05) is 0 Å². The topological polar surface area (TPSA) is 66.5 Å². The van der Waals surface area contributed by atoms with Gasteiger partial charge in [-0.2, -0.15) is 0 Å². The molecule has 0 bridgehead atoms. The molecule has 1 unspecified atom stereocenters. The fraction of sp³-hybridized carbons (Fsp3) is 0.308.